The van der Waals surface area contributed by atoms with Crippen molar-refractivity contribution < 1.29 is 17.9 Å². The van der Waals surface area contributed by atoms with Gasteiger partial charge in [-0.1, -0.05) is 18.7 Å². The Hall–Kier alpha value is -2.64. The van der Waals surface area contributed by atoms with Gasteiger partial charge in [0.25, 0.3) is 5.91 Å². The van der Waals surface area contributed by atoms with Gasteiger partial charge in [0.05, 0.1) is 4.90 Å². The molecule has 1 heterocycles. The van der Waals surface area contributed by atoms with Crippen molar-refractivity contribution in [3.05, 3.63) is 71.8 Å². The molecule has 0 saturated carbocycles. The van der Waals surface area contributed by atoms with Crippen LogP contribution in [0.3, 0.4) is 0 Å². The van der Waals surface area contributed by atoms with E-state index in [0.29, 0.717) is 49.0 Å². The Morgan fingerprint density at radius 1 is 1.00 bits per heavy atom. The van der Waals surface area contributed by atoms with Gasteiger partial charge in [0.15, 0.2) is 0 Å². The molecule has 0 unspecified atom stereocenters. The predicted molar refractivity (Wildman–Crippen MR) is 115 cm³/mol. The van der Waals surface area contributed by atoms with Crippen LogP contribution < -0.4 is 4.74 Å². The zero-order valence-corrected chi connectivity index (χ0v) is 17.7. The van der Waals surface area contributed by atoms with Crippen molar-refractivity contribution in [1.82, 2.24) is 9.21 Å². The van der Waals surface area contributed by atoms with Gasteiger partial charge in [0.2, 0.25) is 10.0 Å². The van der Waals surface area contributed by atoms with Crippen LogP contribution in [0.2, 0.25) is 0 Å². The van der Waals surface area contributed by atoms with Gasteiger partial charge in [-0.3, -0.25) is 4.79 Å². The van der Waals surface area contributed by atoms with E-state index in [0.717, 1.165) is 24.8 Å². The second kappa shape index (κ2) is 8.62. The molecule has 0 bridgehead atoms. The molecule has 2 aromatic rings. The van der Waals surface area contributed by atoms with E-state index in [-0.39, 0.29) is 5.91 Å². The molecule has 6 nitrogen and oxygen atoms in total. The number of hydrogen-bond donors (Lipinski definition) is 0. The first-order valence-corrected chi connectivity index (χ1v) is 11.7. The summed E-state index contributed by atoms with van der Waals surface area (Å²) in [6.07, 6.45) is 4.71. The molecule has 1 aliphatic carbocycles. The highest BCUT2D eigenvalue weighted by atomic mass is 32.2. The second-order valence-corrected chi connectivity index (χ2v) is 9.54. The van der Waals surface area contributed by atoms with Crippen molar-refractivity contribution in [2.75, 3.05) is 32.8 Å². The molecular formula is C23H26N2O4S. The Bertz CT molecular complexity index is 1040. The minimum Gasteiger partial charge on any atom is -0.490 e. The molecule has 0 atom stereocenters. The molecule has 1 aliphatic heterocycles. The molecule has 1 amide bonds. The van der Waals surface area contributed by atoms with Gasteiger partial charge in [0, 0.05) is 31.7 Å². The van der Waals surface area contributed by atoms with Crippen LogP contribution in [-0.2, 0) is 22.9 Å². The first-order valence-electron chi connectivity index (χ1n) is 10.2. The fourth-order valence-corrected chi connectivity index (χ4v) is 5.49. The van der Waals surface area contributed by atoms with Gasteiger partial charge < -0.3 is 9.64 Å². The van der Waals surface area contributed by atoms with Crippen LogP contribution >= 0.6 is 0 Å². The molecule has 7 heteroatoms. The lowest BCUT2D eigenvalue weighted by atomic mass is 10.1. The lowest BCUT2D eigenvalue weighted by Crippen LogP contribution is -2.50. The largest absolute Gasteiger partial charge is 0.490 e. The Morgan fingerprint density at radius 2 is 1.70 bits per heavy atom. The molecule has 1 saturated heterocycles. The first-order chi connectivity index (χ1) is 14.5. The van der Waals surface area contributed by atoms with Crippen molar-refractivity contribution >= 4 is 15.9 Å². The van der Waals surface area contributed by atoms with Crippen LogP contribution in [0, 0.1) is 0 Å². The Morgan fingerprint density at radius 3 is 2.40 bits per heavy atom. The zero-order chi connectivity index (χ0) is 21.1. The van der Waals surface area contributed by atoms with Gasteiger partial charge in [0.1, 0.15) is 12.4 Å². The summed E-state index contributed by atoms with van der Waals surface area (Å²) in [5.74, 6) is 0.580. The fraction of sp³-hybridized carbons (Fsp3) is 0.348. The lowest BCUT2D eigenvalue weighted by Gasteiger charge is -2.34. The number of rotatable bonds is 6. The topological polar surface area (TPSA) is 66.9 Å². The number of hydrogen-bond acceptors (Lipinski definition) is 4. The van der Waals surface area contributed by atoms with Crippen molar-refractivity contribution in [3.8, 4) is 5.75 Å². The van der Waals surface area contributed by atoms with E-state index >= 15 is 0 Å². The summed E-state index contributed by atoms with van der Waals surface area (Å²) in [5, 5.41) is 0. The average molecular weight is 427 g/mol. The number of sulfonamides is 1. The minimum absolute atomic E-state index is 0.0974. The number of benzene rings is 2. The molecule has 0 radical (unpaired) electrons. The Kier molecular flexibility index (Phi) is 5.92. The third kappa shape index (κ3) is 4.13. The maximum atomic E-state index is 13.1. The molecule has 0 N–H and O–H groups in total. The standard InChI is InChI=1S/C23H26N2O4S/c1-2-16-29-21-9-6-19(7-10-21)23(26)24-12-14-25(15-13-24)30(27,28)22-11-8-18-4-3-5-20(18)17-22/h2,6-11,17H,1,3-5,12-16H2. The van der Waals surface area contributed by atoms with Crippen molar-refractivity contribution in [1.29, 1.82) is 0 Å². The summed E-state index contributed by atoms with van der Waals surface area (Å²) in [5.41, 5.74) is 2.96. The Labute approximate surface area is 177 Å². The van der Waals surface area contributed by atoms with Crippen molar-refractivity contribution in [3.63, 3.8) is 0 Å². The van der Waals surface area contributed by atoms with Crippen LogP contribution in [0.15, 0.2) is 60.0 Å². The predicted octanol–water partition coefficient (Wildman–Crippen LogP) is 2.89. The van der Waals surface area contributed by atoms with Gasteiger partial charge in [-0.25, -0.2) is 8.42 Å². The van der Waals surface area contributed by atoms with Crippen LogP contribution in [-0.4, -0.2) is 56.3 Å². The van der Waals surface area contributed by atoms with E-state index < -0.39 is 10.0 Å². The third-order valence-corrected chi connectivity index (χ3v) is 7.60. The SMILES string of the molecule is C=CCOc1ccc(C(=O)N2CCN(S(=O)(=O)c3ccc4c(c3)CCC4)CC2)cc1. The zero-order valence-electron chi connectivity index (χ0n) is 16.9. The minimum atomic E-state index is -3.54. The van der Waals surface area contributed by atoms with Crippen LogP contribution in [0.5, 0.6) is 5.75 Å². The van der Waals surface area contributed by atoms with Crippen LogP contribution in [0.25, 0.3) is 0 Å². The van der Waals surface area contributed by atoms with E-state index in [4.69, 9.17) is 4.74 Å². The highest BCUT2D eigenvalue weighted by Crippen LogP contribution is 2.27. The number of fused-ring (bicyclic) bond motifs is 1. The summed E-state index contributed by atoms with van der Waals surface area (Å²) in [6, 6.07) is 12.5. The molecule has 158 valence electrons. The number of carbonyl (C=O) groups is 1. The summed E-state index contributed by atoms with van der Waals surface area (Å²) in [7, 11) is -3.54. The van der Waals surface area contributed by atoms with Gasteiger partial charge >= 0.3 is 0 Å². The molecule has 30 heavy (non-hydrogen) atoms. The van der Waals surface area contributed by atoms with Crippen molar-refractivity contribution in [2.24, 2.45) is 0 Å². The normalized spacial score (nSPS) is 16.9. The maximum Gasteiger partial charge on any atom is 0.253 e. The van der Waals surface area contributed by atoms with Gasteiger partial charge in [-0.15, -0.1) is 0 Å². The van der Waals surface area contributed by atoms with E-state index in [2.05, 4.69) is 6.58 Å². The number of carbonyl (C=O) groups excluding carboxylic acids is 1. The molecule has 1 fully saturated rings. The highest BCUT2D eigenvalue weighted by Gasteiger charge is 2.31. The summed E-state index contributed by atoms with van der Waals surface area (Å²) in [6.45, 7) is 5.36. The third-order valence-electron chi connectivity index (χ3n) is 5.70. The number of nitrogens with zero attached hydrogens (tertiary/aromatic N) is 2. The second-order valence-electron chi connectivity index (χ2n) is 7.60. The average Bonchev–Trinajstić information content (AvgIpc) is 3.25. The molecule has 0 spiro atoms. The fourth-order valence-electron chi connectivity index (χ4n) is 4.02. The van der Waals surface area contributed by atoms with Gasteiger partial charge in [-0.05, 0) is 66.8 Å². The molecule has 2 aromatic carbocycles. The molecule has 0 aromatic heterocycles. The lowest BCUT2D eigenvalue weighted by molar-refractivity contribution is 0.0698. The van der Waals surface area contributed by atoms with E-state index in [1.54, 1.807) is 41.3 Å². The number of piperazine rings is 1. The summed E-state index contributed by atoms with van der Waals surface area (Å²) >= 11 is 0. The smallest absolute Gasteiger partial charge is 0.253 e. The van der Waals surface area contributed by atoms with E-state index in [9.17, 15) is 13.2 Å². The van der Waals surface area contributed by atoms with E-state index in [1.165, 1.54) is 9.87 Å². The van der Waals surface area contributed by atoms with Crippen LogP contribution in [0.1, 0.15) is 27.9 Å². The summed E-state index contributed by atoms with van der Waals surface area (Å²) in [4.78, 5) is 14.8. The number of amides is 1. The highest BCUT2D eigenvalue weighted by molar-refractivity contribution is 7.89. The quantitative estimate of drug-likeness (QED) is 0.666. The Balaban J connectivity index is 1.39. The number of aryl methyl sites for hydroxylation is 2. The molecular weight excluding hydrogens is 400 g/mol. The maximum absolute atomic E-state index is 13.1. The van der Waals surface area contributed by atoms with Crippen molar-refractivity contribution in [2.45, 2.75) is 24.2 Å². The number of ether oxygens (including phenoxy) is 1. The summed E-state index contributed by atoms with van der Waals surface area (Å²) < 4.78 is 33.0. The van der Waals surface area contributed by atoms with E-state index in [1.807, 2.05) is 12.1 Å². The molecule has 4 rings (SSSR count). The van der Waals surface area contributed by atoms with Gasteiger partial charge in [-0.2, -0.15) is 4.31 Å². The monoisotopic (exact) mass is 426 g/mol. The molecule has 2 aliphatic rings. The van der Waals surface area contributed by atoms with Crippen LogP contribution in [0.4, 0.5) is 0 Å². The first kappa shape index (κ1) is 20.6.